The van der Waals surface area contributed by atoms with E-state index in [4.69, 9.17) is 16.7 Å². The van der Waals surface area contributed by atoms with E-state index >= 15 is 0 Å². The molecule has 0 aliphatic heterocycles. The van der Waals surface area contributed by atoms with Crippen molar-refractivity contribution >= 4 is 33.6 Å². The van der Waals surface area contributed by atoms with Crippen molar-refractivity contribution in [1.29, 1.82) is 0 Å². The number of ether oxygens (including phenoxy) is 1. The van der Waals surface area contributed by atoms with Crippen LogP contribution in [-0.4, -0.2) is 26.7 Å². The standard InChI is InChI=1S/C8H9ClN2O5S/c1-16-8(13)11-17(14,15)10-5-2-3-7(12)6(9)4-5/h2-4,10,12H,1H3,(H,11,13). The van der Waals surface area contributed by atoms with Crippen LogP contribution in [0.15, 0.2) is 18.2 Å². The molecule has 7 nitrogen and oxygen atoms in total. The third-order valence-electron chi connectivity index (χ3n) is 1.60. The van der Waals surface area contributed by atoms with Crippen molar-refractivity contribution in [2.24, 2.45) is 0 Å². The van der Waals surface area contributed by atoms with Crippen LogP contribution in [0, 0.1) is 0 Å². The number of carbonyl (C=O) groups excluding carboxylic acids is 1. The van der Waals surface area contributed by atoms with E-state index in [0.29, 0.717) is 0 Å². The van der Waals surface area contributed by atoms with Gasteiger partial charge in [0.1, 0.15) is 5.75 Å². The molecular formula is C8H9ClN2O5S. The molecule has 0 spiro atoms. The molecule has 0 atom stereocenters. The molecule has 0 unspecified atom stereocenters. The van der Waals surface area contributed by atoms with Gasteiger partial charge in [-0.1, -0.05) is 11.6 Å². The van der Waals surface area contributed by atoms with Crippen LogP contribution in [0.5, 0.6) is 5.75 Å². The normalized spacial score (nSPS) is 10.7. The van der Waals surface area contributed by atoms with Crippen LogP contribution in [0.25, 0.3) is 0 Å². The Hall–Kier alpha value is -1.67. The van der Waals surface area contributed by atoms with E-state index in [1.54, 1.807) is 4.72 Å². The quantitative estimate of drug-likeness (QED) is 0.718. The topological polar surface area (TPSA) is 105 Å². The van der Waals surface area contributed by atoms with Gasteiger partial charge in [-0.25, -0.2) is 9.52 Å². The van der Waals surface area contributed by atoms with E-state index in [1.807, 2.05) is 4.72 Å². The molecule has 3 N–H and O–H groups in total. The molecule has 94 valence electrons. The Morgan fingerprint density at radius 1 is 1.47 bits per heavy atom. The van der Waals surface area contributed by atoms with Gasteiger partial charge in [-0.2, -0.15) is 8.42 Å². The molecule has 0 heterocycles. The summed E-state index contributed by atoms with van der Waals surface area (Å²) in [5.41, 5.74) is 0.0872. The number of hydrogen-bond acceptors (Lipinski definition) is 5. The van der Waals surface area contributed by atoms with E-state index in [0.717, 1.165) is 7.11 Å². The Kier molecular flexibility index (Phi) is 4.02. The third-order valence-corrected chi connectivity index (χ3v) is 2.85. The first-order chi connectivity index (χ1) is 7.84. The maximum atomic E-state index is 11.3. The number of phenolic OH excluding ortho intramolecular Hbond substituents is 1. The zero-order valence-corrected chi connectivity index (χ0v) is 10.2. The summed E-state index contributed by atoms with van der Waals surface area (Å²) in [5.74, 6) is -0.185. The predicted octanol–water partition coefficient (Wildman–Crippen LogP) is 1.06. The summed E-state index contributed by atoms with van der Waals surface area (Å²) in [6.45, 7) is 0. The van der Waals surface area contributed by atoms with Crippen molar-refractivity contribution in [2.75, 3.05) is 11.8 Å². The first-order valence-electron chi connectivity index (χ1n) is 4.21. The number of amides is 1. The molecule has 0 fully saturated rings. The summed E-state index contributed by atoms with van der Waals surface area (Å²) in [6.07, 6.45) is -1.12. The number of benzene rings is 1. The maximum absolute atomic E-state index is 11.3. The summed E-state index contributed by atoms with van der Waals surface area (Å²) in [7, 11) is -3.06. The second-order valence-electron chi connectivity index (χ2n) is 2.87. The molecule has 0 saturated heterocycles. The number of carbonyl (C=O) groups is 1. The van der Waals surface area contributed by atoms with Gasteiger partial charge in [-0.05, 0) is 18.2 Å². The Bertz CT molecular complexity index is 531. The van der Waals surface area contributed by atoms with E-state index in [2.05, 4.69) is 4.74 Å². The van der Waals surface area contributed by atoms with E-state index in [1.165, 1.54) is 18.2 Å². The van der Waals surface area contributed by atoms with Gasteiger partial charge in [0.05, 0.1) is 17.8 Å². The van der Waals surface area contributed by atoms with Gasteiger partial charge >= 0.3 is 16.3 Å². The molecule has 0 aromatic heterocycles. The molecule has 0 radical (unpaired) electrons. The summed E-state index contributed by atoms with van der Waals surface area (Å²) < 4.78 is 30.4. The van der Waals surface area contributed by atoms with Crippen LogP contribution >= 0.6 is 11.6 Å². The van der Waals surface area contributed by atoms with Gasteiger partial charge < -0.3 is 9.84 Å². The summed E-state index contributed by atoms with van der Waals surface area (Å²) >= 11 is 5.58. The van der Waals surface area contributed by atoms with Crippen molar-refractivity contribution in [3.63, 3.8) is 0 Å². The SMILES string of the molecule is COC(=O)NS(=O)(=O)Nc1ccc(O)c(Cl)c1. The Morgan fingerprint density at radius 3 is 2.65 bits per heavy atom. The van der Waals surface area contributed by atoms with Crippen LogP contribution in [-0.2, 0) is 14.9 Å². The van der Waals surface area contributed by atoms with Crippen LogP contribution in [0.4, 0.5) is 10.5 Å². The maximum Gasteiger partial charge on any atom is 0.422 e. The smallest absolute Gasteiger partial charge is 0.422 e. The molecule has 0 aliphatic rings. The fourth-order valence-corrected chi connectivity index (χ4v) is 1.87. The number of aromatic hydroxyl groups is 1. The third kappa shape index (κ3) is 4.00. The molecule has 1 rings (SSSR count). The van der Waals surface area contributed by atoms with Crippen LogP contribution in [0.3, 0.4) is 0 Å². The largest absolute Gasteiger partial charge is 0.506 e. The lowest BCUT2D eigenvalue weighted by Crippen LogP contribution is -2.35. The van der Waals surface area contributed by atoms with Gasteiger partial charge in [-0.15, -0.1) is 0 Å². The van der Waals surface area contributed by atoms with Crippen molar-refractivity contribution < 1.29 is 23.1 Å². The highest BCUT2D eigenvalue weighted by Crippen LogP contribution is 2.26. The summed E-state index contributed by atoms with van der Waals surface area (Å²) in [5, 5.41) is 9.10. The number of hydrogen-bond donors (Lipinski definition) is 3. The highest BCUT2D eigenvalue weighted by molar-refractivity contribution is 7.91. The average molecular weight is 281 g/mol. The van der Waals surface area contributed by atoms with Crippen molar-refractivity contribution in [2.45, 2.75) is 0 Å². The van der Waals surface area contributed by atoms with Crippen LogP contribution in [0.2, 0.25) is 5.02 Å². The van der Waals surface area contributed by atoms with Gasteiger partial charge in [0.25, 0.3) is 0 Å². The van der Waals surface area contributed by atoms with Crippen molar-refractivity contribution in [3.05, 3.63) is 23.2 Å². The van der Waals surface area contributed by atoms with Crippen molar-refractivity contribution in [3.8, 4) is 5.75 Å². The van der Waals surface area contributed by atoms with Crippen molar-refractivity contribution in [1.82, 2.24) is 4.72 Å². The lowest BCUT2D eigenvalue weighted by Gasteiger charge is -2.08. The fraction of sp³-hybridized carbons (Fsp3) is 0.125. The summed E-state index contributed by atoms with van der Waals surface area (Å²) in [4.78, 5) is 10.7. The van der Waals surface area contributed by atoms with E-state index in [-0.39, 0.29) is 16.5 Å². The monoisotopic (exact) mass is 280 g/mol. The highest BCUT2D eigenvalue weighted by Gasteiger charge is 2.14. The molecular weight excluding hydrogens is 272 g/mol. The Labute approximate surface area is 103 Å². The predicted molar refractivity (Wildman–Crippen MR) is 61.2 cm³/mol. The van der Waals surface area contributed by atoms with Gasteiger partial charge in [-0.3, -0.25) is 4.72 Å². The first kappa shape index (κ1) is 13.4. The Balaban J connectivity index is 2.83. The number of anilines is 1. The molecule has 1 aromatic rings. The molecule has 0 saturated carbocycles. The fourth-order valence-electron chi connectivity index (χ4n) is 0.902. The first-order valence-corrected chi connectivity index (χ1v) is 6.07. The lowest BCUT2D eigenvalue weighted by molar-refractivity contribution is 0.177. The molecule has 17 heavy (non-hydrogen) atoms. The second-order valence-corrected chi connectivity index (χ2v) is 4.69. The molecule has 9 heteroatoms. The van der Waals surface area contributed by atoms with Gasteiger partial charge in [0.15, 0.2) is 0 Å². The van der Waals surface area contributed by atoms with Gasteiger partial charge in [0.2, 0.25) is 0 Å². The van der Waals surface area contributed by atoms with E-state index < -0.39 is 16.3 Å². The minimum atomic E-state index is -4.09. The van der Waals surface area contributed by atoms with Crippen LogP contribution < -0.4 is 9.44 Å². The number of phenols is 1. The van der Waals surface area contributed by atoms with Crippen LogP contribution in [0.1, 0.15) is 0 Å². The zero-order chi connectivity index (χ0) is 13.1. The molecule has 1 aromatic carbocycles. The number of halogens is 1. The number of rotatable bonds is 3. The highest BCUT2D eigenvalue weighted by atomic mass is 35.5. The molecule has 1 amide bonds. The number of nitrogens with one attached hydrogen (secondary N) is 2. The second kappa shape index (κ2) is 5.11. The minimum Gasteiger partial charge on any atom is -0.506 e. The average Bonchev–Trinajstić information content (AvgIpc) is 2.22. The Morgan fingerprint density at radius 2 is 2.12 bits per heavy atom. The zero-order valence-electron chi connectivity index (χ0n) is 8.60. The number of methoxy groups -OCH3 is 1. The van der Waals surface area contributed by atoms with E-state index in [9.17, 15) is 13.2 Å². The lowest BCUT2D eigenvalue weighted by atomic mass is 10.3. The van der Waals surface area contributed by atoms with Gasteiger partial charge in [0, 0.05) is 0 Å². The molecule has 0 aliphatic carbocycles. The molecule has 0 bridgehead atoms. The minimum absolute atomic E-state index is 0.0248. The summed E-state index contributed by atoms with van der Waals surface area (Å²) in [6, 6.07) is 3.67.